The van der Waals surface area contributed by atoms with Gasteiger partial charge >= 0.3 is 5.97 Å². The minimum atomic E-state index is -0.870. The highest BCUT2D eigenvalue weighted by Gasteiger charge is 2.61. The molecule has 0 radical (unpaired) electrons. The summed E-state index contributed by atoms with van der Waals surface area (Å²) in [7, 11) is 0. The molecule has 3 rings (SSSR count). The van der Waals surface area contributed by atoms with Crippen LogP contribution in [0.25, 0.3) is 0 Å². The molecule has 27 heavy (non-hydrogen) atoms. The van der Waals surface area contributed by atoms with E-state index in [0.29, 0.717) is 11.3 Å². The minimum Gasteiger partial charge on any atom is -0.457 e. The van der Waals surface area contributed by atoms with Crippen LogP contribution >= 0.6 is 43.5 Å². The van der Waals surface area contributed by atoms with Gasteiger partial charge in [0, 0.05) is 5.56 Å². The van der Waals surface area contributed by atoms with Crippen molar-refractivity contribution in [1.82, 2.24) is 0 Å². The molecule has 2 aromatic carbocycles. The van der Waals surface area contributed by atoms with Crippen LogP contribution in [0.3, 0.4) is 0 Å². The number of benzene rings is 2. The molecule has 0 amide bonds. The first kappa shape index (κ1) is 20.4. The van der Waals surface area contributed by atoms with Gasteiger partial charge < -0.3 is 9.47 Å². The molecule has 0 bridgehead atoms. The van der Waals surface area contributed by atoms with Gasteiger partial charge in [-0.15, -0.1) is 0 Å². The molecule has 6 heteroatoms. The van der Waals surface area contributed by atoms with Gasteiger partial charge in [0.1, 0.15) is 11.5 Å². The number of para-hydroxylation sites is 1. The van der Waals surface area contributed by atoms with E-state index in [1.807, 2.05) is 68.5 Å². The molecule has 0 spiro atoms. The molecule has 1 aliphatic carbocycles. The third kappa shape index (κ3) is 4.95. The van der Waals surface area contributed by atoms with Crippen molar-refractivity contribution >= 4 is 49.4 Å². The maximum atomic E-state index is 12.6. The highest BCUT2D eigenvalue weighted by atomic mass is 79.9. The van der Waals surface area contributed by atoms with Gasteiger partial charge in [0.25, 0.3) is 0 Å². The molecule has 142 valence electrons. The van der Waals surface area contributed by atoms with Gasteiger partial charge in [-0.1, -0.05) is 61.9 Å². The second kappa shape index (κ2) is 8.38. The summed E-state index contributed by atoms with van der Waals surface area (Å²) in [6.07, 6.45) is 1.98. The fourth-order valence-electron chi connectivity index (χ4n) is 3.16. The minimum absolute atomic E-state index is 0.107. The lowest BCUT2D eigenvalue weighted by Crippen LogP contribution is -2.12. The molecule has 0 N–H and O–H groups in total. The topological polar surface area (TPSA) is 35.5 Å². The van der Waals surface area contributed by atoms with Crippen molar-refractivity contribution in [2.75, 3.05) is 0 Å². The summed E-state index contributed by atoms with van der Waals surface area (Å²) in [5.74, 6) is 0.962. The number of allylic oxidation sites excluding steroid dienone is 1. The number of halogens is 3. The second-order valence-electron chi connectivity index (χ2n) is 7.02. The molecule has 1 saturated carbocycles. The fraction of sp³-hybridized carbons (Fsp3) is 0.286. The van der Waals surface area contributed by atoms with E-state index in [-0.39, 0.29) is 23.2 Å². The van der Waals surface area contributed by atoms with Crippen molar-refractivity contribution in [2.45, 2.75) is 19.4 Å². The summed E-state index contributed by atoms with van der Waals surface area (Å²) in [5.41, 5.74) is -0.352. The van der Waals surface area contributed by atoms with Gasteiger partial charge in [0.2, 0.25) is 5.56 Å². The number of rotatable bonds is 6. The average molecular weight is 515 g/mol. The number of ether oxygens (including phenoxy) is 2. The molecule has 0 heterocycles. The SMILES string of the molecule is CC1(C)[C@H](C(=O)OC(Cl)c2cccc(Oc3ccccc3)c2)[C@@H]1C=C(Br)Br. The molecule has 3 atom stereocenters. The quantitative estimate of drug-likeness (QED) is 0.303. The number of carbonyl (C=O) groups excluding carboxylic acids is 1. The van der Waals surface area contributed by atoms with Crippen LogP contribution in [0.2, 0.25) is 0 Å². The third-order valence-electron chi connectivity index (χ3n) is 4.79. The first-order chi connectivity index (χ1) is 12.8. The summed E-state index contributed by atoms with van der Waals surface area (Å²) in [6.45, 7) is 4.08. The van der Waals surface area contributed by atoms with Crippen molar-refractivity contribution < 1.29 is 14.3 Å². The summed E-state index contributed by atoms with van der Waals surface area (Å²) in [4.78, 5) is 12.6. The van der Waals surface area contributed by atoms with E-state index in [2.05, 4.69) is 31.9 Å². The van der Waals surface area contributed by atoms with Gasteiger partial charge in [-0.05, 0) is 67.5 Å². The van der Waals surface area contributed by atoms with Crippen molar-refractivity contribution in [2.24, 2.45) is 17.3 Å². The van der Waals surface area contributed by atoms with Crippen LogP contribution in [0.1, 0.15) is 25.0 Å². The third-order valence-corrected chi connectivity index (χ3v) is 5.66. The summed E-state index contributed by atoms with van der Waals surface area (Å²) >= 11 is 13.1. The zero-order chi connectivity index (χ0) is 19.6. The van der Waals surface area contributed by atoms with E-state index >= 15 is 0 Å². The Balaban J connectivity index is 1.66. The molecular weight excluding hydrogens is 495 g/mol. The second-order valence-corrected chi connectivity index (χ2v) is 10.2. The van der Waals surface area contributed by atoms with Crippen LogP contribution in [-0.4, -0.2) is 5.97 Å². The van der Waals surface area contributed by atoms with Crippen LogP contribution in [0.4, 0.5) is 0 Å². The average Bonchev–Trinajstić information content (AvgIpc) is 3.15. The Hall–Kier alpha value is -1.30. The highest BCUT2D eigenvalue weighted by molar-refractivity contribution is 9.28. The van der Waals surface area contributed by atoms with Crippen LogP contribution in [0.15, 0.2) is 64.1 Å². The van der Waals surface area contributed by atoms with E-state index in [1.54, 1.807) is 6.07 Å². The normalized spacial score (nSPS) is 21.1. The van der Waals surface area contributed by atoms with Crippen LogP contribution < -0.4 is 4.74 Å². The summed E-state index contributed by atoms with van der Waals surface area (Å²) in [6, 6.07) is 16.7. The van der Waals surface area contributed by atoms with Gasteiger partial charge in [-0.2, -0.15) is 0 Å². The lowest BCUT2D eigenvalue weighted by atomic mass is 10.1. The Bertz CT molecular complexity index is 848. The van der Waals surface area contributed by atoms with E-state index < -0.39 is 5.56 Å². The van der Waals surface area contributed by atoms with Crippen molar-refractivity contribution in [3.05, 3.63) is 69.6 Å². The molecule has 2 aromatic rings. The van der Waals surface area contributed by atoms with E-state index in [9.17, 15) is 4.79 Å². The lowest BCUT2D eigenvalue weighted by Gasteiger charge is -2.14. The van der Waals surface area contributed by atoms with Crippen molar-refractivity contribution in [3.8, 4) is 11.5 Å². The van der Waals surface area contributed by atoms with Crippen molar-refractivity contribution in [3.63, 3.8) is 0 Å². The summed E-state index contributed by atoms with van der Waals surface area (Å²) in [5, 5.41) is 0. The van der Waals surface area contributed by atoms with Crippen LogP contribution in [0, 0.1) is 17.3 Å². The molecule has 1 unspecified atom stereocenters. The van der Waals surface area contributed by atoms with E-state index in [4.69, 9.17) is 21.1 Å². The predicted molar refractivity (Wildman–Crippen MR) is 114 cm³/mol. The lowest BCUT2D eigenvalue weighted by molar-refractivity contribution is -0.148. The Morgan fingerprint density at radius 3 is 2.44 bits per heavy atom. The van der Waals surface area contributed by atoms with E-state index in [0.717, 1.165) is 9.14 Å². The number of esters is 1. The molecule has 0 saturated heterocycles. The van der Waals surface area contributed by atoms with Crippen LogP contribution in [0.5, 0.6) is 11.5 Å². The van der Waals surface area contributed by atoms with Gasteiger partial charge in [0.05, 0.1) is 9.31 Å². The largest absolute Gasteiger partial charge is 0.457 e. The van der Waals surface area contributed by atoms with Gasteiger partial charge in [0.15, 0.2) is 0 Å². The van der Waals surface area contributed by atoms with Crippen LogP contribution in [-0.2, 0) is 9.53 Å². The van der Waals surface area contributed by atoms with E-state index in [1.165, 1.54) is 0 Å². The zero-order valence-corrected chi connectivity index (χ0v) is 18.8. The maximum absolute atomic E-state index is 12.6. The first-order valence-corrected chi connectivity index (χ1v) is 10.5. The Labute approximate surface area is 181 Å². The Morgan fingerprint density at radius 1 is 1.11 bits per heavy atom. The first-order valence-electron chi connectivity index (χ1n) is 8.49. The number of hydrogen-bond donors (Lipinski definition) is 0. The Morgan fingerprint density at radius 2 is 1.78 bits per heavy atom. The number of carbonyl (C=O) groups is 1. The number of alkyl halides is 1. The molecular formula is C21H19Br2ClO3. The summed E-state index contributed by atoms with van der Waals surface area (Å²) < 4.78 is 12.2. The maximum Gasteiger partial charge on any atom is 0.311 e. The standard InChI is InChI=1S/C21H19Br2ClO3/c1-21(2)16(12-17(22)23)18(21)20(25)27-19(24)13-7-6-10-15(11-13)26-14-8-4-3-5-9-14/h3-12,16,18-19H,1-2H3/t16-,18-,19?/m0/s1. The highest BCUT2D eigenvalue weighted by Crippen LogP contribution is 2.60. The fourth-order valence-corrected chi connectivity index (χ4v) is 3.95. The monoisotopic (exact) mass is 512 g/mol. The zero-order valence-electron chi connectivity index (χ0n) is 14.9. The molecule has 0 aliphatic heterocycles. The molecule has 1 fully saturated rings. The number of hydrogen-bond acceptors (Lipinski definition) is 3. The molecule has 3 nitrogen and oxygen atoms in total. The smallest absolute Gasteiger partial charge is 0.311 e. The Kier molecular flexibility index (Phi) is 6.34. The van der Waals surface area contributed by atoms with Crippen molar-refractivity contribution in [1.29, 1.82) is 0 Å². The molecule has 1 aliphatic rings. The van der Waals surface area contributed by atoms with Gasteiger partial charge in [-0.25, -0.2) is 0 Å². The van der Waals surface area contributed by atoms with Gasteiger partial charge in [-0.3, -0.25) is 4.79 Å². The predicted octanol–water partition coefficient (Wildman–Crippen LogP) is 7.16. The molecule has 0 aromatic heterocycles.